The Kier molecular flexibility index (Phi) is 7.98. The number of aromatic nitrogens is 1. The molecule has 3 aromatic rings. The van der Waals surface area contributed by atoms with E-state index in [2.05, 4.69) is 20.3 Å². The molecule has 1 aliphatic carbocycles. The smallest absolute Gasteiger partial charge is 0.382 e. The molecule has 1 fully saturated rings. The van der Waals surface area contributed by atoms with Gasteiger partial charge < -0.3 is 15.4 Å². The van der Waals surface area contributed by atoms with Crippen molar-refractivity contribution < 1.29 is 31.1 Å². The first-order chi connectivity index (χ1) is 17.4. The number of halogens is 7. The number of rotatable bonds is 6. The first-order valence-electron chi connectivity index (χ1n) is 11.2. The lowest BCUT2D eigenvalue weighted by molar-refractivity contribution is -0.140. The lowest BCUT2D eigenvalue weighted by Crippen LogP contribution is -2.41. The second-order valence-corrected chi connectivity index (χ2v) is 9.93. The van der Waals surface area contributed by atoms with Gasteiger partial charge in [0.15, 0.2) is 0 Å². The highest BCUT2D eigenvalue weighted by molar-refractivity contribution is 8.01. The summed E-state index contributed by atoms with van der Waals surface area (Å²) in [6.45, 7) is 0. The quantitative estimate of drug-likeness (QED) is 0.213. The van der Waals surface area contributed by atoms with Crippen LogP contribution in [-0.2, 0) is 6.18 Å². The lowest BCUT2D eigenvalue weighted by Gasteiger charge is -2.31. The van der Waals surface area contributed by atoms with E-state index in [1.165, 1.54) is 36.4 Å². The number of pyridine rings is 1. The Hall–Kier alpha value is -2.86. The van der Waals surface area contributed by atoms with Crippen LogP contribution >= 0.6 is 23.5 Å². The van der Waals surface area contributed by atoms with Gasteiger partial charge in [-0.25, -0.2) is 4.98 Å². The third kappa shape index (κ3) is 7.35. The Bertz CT molecular complexity index is 1290. The highest BCUT2D eigenvalue weighted by Crippen LogP contribution is 2.35. The average Bonchev–Trinajstić information content (AvgIpc) is 2.82. The maximum Gasteiger partial charge on any atom is 0.461 e. The van der Waals surface area contributed by atoms with Gasteiger partial charge in [0.1, 0.15) is 5.69 Å². The molecular formula is C24H21ClF6N4OS. The average molecular weight is 563 g/mol. The van der Waals surface area contributed by atoms with Crippen molar-refractivity contribution in [3.8, 4) is 0 Å². The predicted molar refractivity (Wildman–Crippen MR) is 133 cm³/mol. The Morgan fingerprint density at radius 1 is 1.00 bits per heavy atom. The van der Waals surface area contributed by atoms with Gasteiger partial charge in [-0.3, -0.25) is 4.79 Å². The second kappa shape index (κ2) is 10.9. The molecule has 0 aliphatic heterocycles. The standard InChI is InChI=1S/C24H21ClF6N4OS/c25-14-7-8-19-18(10-14)20(12-21(34-19)23(26,27)28)32-15-4-2-5-16(11-15)33-22(36)13-3-1-6-17(9-13)35-37-24(29,30)31/h1,3,6-10,12,15-16,35H,2,4-5,11H2,(H,32,34)(H,33,36)/t15-,16+/m0/s1. The predicted octanol–water partition coefficient (Wildman–Crippen LogP) is 7.64. The van der Waals surface area contributed by atoms with Gasteiger partial charge in [-0.2, -0.15) is 26.3 Å². The van der Waals surface area contributed by atoms with Crippen LogP contribution in [0.2, 0.25) is 5.02 Å². The molecule has 1 heterocycles. The fourth-order valence-corrected chi connectivity index (χ4v) is 4.78. The Balaban J connectivity index is 1.46. The number of hydrogen-bond donors (Lipinski definition) is 3. The molecule has 2 aromatic carbocycles. The molecule has 37 heavy (non-hydrogen) atoms. The van der Waals surface area contributed by atoms with E-state index in [1.54, 1.807) is 6.07 Å². The highest BCUT2D eigenvalue weighted by Gasteiger charge is 2.34. The van der Waals surface area contributed by atoms with E-state index in [0.717, 1.165) is 6.07 Å². The minimum Gasteiger partial charge on any atom is -0.382 e. The normalized spacial score (nSPS) is 18.5. The minimum atomic E-state index is -4.63. The molecule has 13 heteroatoms. The van der Waals surface area contributed by atoms with Gasteiger partial charge in [0, 0.05) is 39.4 Å². The summed E-state index contributed by atoms with van der Waals surface area (Å²) in [5.74, 6) is -0.452. The molecule has 0 radical (unpaired) electrons. The van der Waals surface area contributed by atoms with Crippen molar-refractivity contribution in [2.75, 3.05) is 10.0 Å². The monoisotopic (exact) mass is 562 g/mol. The molecular weight excluding hydrogens is 542 g/mol. The Morgan fingerprint density at radius 2 is 1.76 bits per heavy atom. The largest absolute Gasteiger partial charge is 0.461 e. The van der Waals surface area contributed by atoms with Crippen LogP contribution in [0.5, 0.6) is 0 Å². The summed E-state index contributed by atoms with van der Waals surface area (Å²) in [5.41, 5.74) is -4.79. The molecule has 0 bridgehead atoms. The van der Waals surface area contributed by atoms with Crippen molar-refractivity contribution in [2.24, 2.45) is 0 Å². The van der Waals surface area contributed by atoms with Crippen LogP contribution in [0.15, 0.2) is 48.5 Å². The van der Waals surface area contributed by atoms with Gasteiger partial charge in [0.05, 0.1) is 17.5 Å². The van der Waals surface area contributed by atoms with Crippen molar-refractivity contribution in [2.45, 2.75) is 49.5 Å². The number of nitrogens with one attached hydrogen (secondary N) is 3. The minimum absolute atomic E-state index is 0.127. The zero-order valence-electron chi connectivity index (χ0n) is 19.0. The summed E-state index contributed by atoms with van der Waals surface area (Å²) in [4.78, 5) is 16.5. The molecule has 0 unspecified atom stereocenters. The fourth-order valence-electron chi connectivity index (χ4n) is 4.24. The summed E-state index contributed by atoms with van der Waals surface area (Å²) in [6, 6.07) is 10.6. The van der Waals surface area contributed by atoms with Crippen molar-refractivity contribution in [3.05, 3.63) is 64.8 Å². The number of carbonyl (C=O) groups is 1. The number of hydrogen-bond acceptors (Lipinski definition) is 5. The van der Waals surface area contributed by atoms with E-state index in [4.69, 9.17) is 11.6 Å². The van der Waals surface area contributed by atoms with Crippen LogP contribution in [0, 0.1) is 0 Å². The number of benzene rings is 2. The van der Waals surface area contributed by atoms with E-state index < -0.39 is 35.2 Å². The molecule has 5 nitrogen and oxygen atoms in total. The number of anilines is 2. The molecule has 1 aliphatic rings. The SMILES string of the molecule is O=C(N[C@@H]1CCC[C@H](Nc2cc(C(F)(F)F)nc3ccc(Cl)cc23)C1)c1cccc(NSC(F)(F)F)c1. The fraction of sp³-hybridized carbons (Fsp3) is 0.333. The maximum absolute atomic E-state index is 13.4. The summed E-state index contributed by atoms with van der Waals surface area (Å²) >= 11 is 5.64. The molecule has 198 valence electrons. The summed E-state index contributed by atoms with van der Waals surface area (Å²) in [5, 5.41) is 6.87. The van der Waals surface area contributed by atoms with Crippen LogP contribution in [0.1, 0.15) is 41.7 Å². The van der Waals surface area contributed by atoms with Crippen LogP contribution in [0.4, 0.5) is 37.7 Å². The number of amides is 1. The van der Waals surface area contributed by atoms with Crippen molar-refractivity contribution in [1.82, 2.24) is 10.3 Å². The first kappa shape index (κ1) is 27.2. The van der Waals surface area contributed by atoms with E-state index in [9.17, 15) is 31.1 Å². The number of carbonyl (C=O) groups excluding carboxylic acids is 1. The zero-order chi connectivity index (χ0) is 26.8. The van der Waals surface area contributed by atoms with E-state index in [-0.39, 0.29) is 34.5 Å². The molecule has 1 saturated carbocycles. The Labute approximate surface area is 217 Å². The van der Waals surface area contributed by atoms with Gasteiger partial charge in [-0.1, -0.05) is 17.7 Å². The van der Waals surface area contributed by atoms with Crippen LogP contribution in [-0.4, -0.2) is 28.5 Å². The van der Waals surface area contributed by atoms with Gasteiger partial charge in [0.25, 0.3) is 5.91 Å². The van der Waals surface area contributed by atoms with Crippen molar-refractivity contribution in [3.63, 3.8) is 0 Å². The number of fused-ring (bicyclic) bond motifs is 1. The summed E-state index contributed by atoms with van der Waals surface area (Å²) in [6.07, 6.45) is -2.15. The van der Waals surface area contributed by atoms with Gasteiger partial charge in [-0.05, 0) is 68.1 Å². The first-order valence-corrected chi connectivity index (χ1v) is 12.4. The molecule has 4 rings (SSSR count). The van der Waals surface area contributed by atoms with Crippen LogP contribution in [0.3, 0.4) is 0 Å². The van der Waals surface area contributed by atoms with Crippen LogP contribution in [0.25, 0.3) is 10.9 Å². The molecule has 1 aromatic heterocycles. The van der Waals surface area contributed by atoms with Gasteiger partial charge >= 0.3 is 11.7 Å². The third-order valence-corrected chi connectivity index (χ3v) is 6.64. The zero-order valence-corrected chi connectivity index (χ0v) is 20.6. The molecule has 3 N–H and O–H groups in total. The van der Waals surface area contributed by atoms with Crippen molar-refractivity contribution >= 4 is 51.7 Å². The maximum atomic E-state index is 13.4. The number of nitrogens with zero attached hydrogens (tertiary/aromatic N) is 1. The number of alkyl halides is 6. The summed E-state index contributed by atoms with van der Waals surface area (Å²) < 4.78 is 79.8. The van der Waals surface area contributed by atoms with E-state index in [0.29, 0.717) is 36.1 Å². The van der Waals surface area contributed by atoms with Crippen LogP contribution < -0.4 is 15.4 Å². The molecule has 0 saturated heterocycles. The third-order valence-electron chi connectivity index (χ3n) is 5.84. The van der Waals surface area contributed by atoms with E-state index >= 15 is 0 Å². The lowest BCUT2D eigenvalue weighted by atomic mass is 9.90. The van der Waals surface area contributed by atoms with Gasteiger partial charge in [0.2, 0.25) is 0 Å². The Morgan fingerprint density at radius 3 is 2.49 bits per heavy atom. The highest BCUT2D eigenvalue weighted by atomic mass is 35.5. The summed E-state index contributed by atoms with van der Waals surface area (Å²) in [7, 11) is 0. The van der Waals surface area contributed by atoms with Crippen molar-refractivity contribution in [1.29, 1.82) is 0 Å². The van der Waals surface area contributed by atoms with E-state index in [1.807, 2.05) is 0 Å². The molecule has 2 atom stereocenters. The second-order valence-electron chi connectivity index (χ2n) is 8.62. The molecule has 0 spiro atoms. The topological polar surface area (TPSA) is 66.0 Å². The molecule has 1 amide bonds. The van der Waals surface area contributed by atoms with Gasteiger partial charge in [-0.15, -0.1) is 0 Å².